The third-order valence-corrected chi connectivity index (χ3v) is 7.53. The first kappa shape index (κ1) is 23.3. The van der Waals surface area contributed by atoms with Crippen LogP contribution in [0.2, 0.25) is 5.02 Å². The molecule has 35 heavy (non-hydrogen) atoms. The van der Waals surface area contributed by atoms with E-state index >= 15 is 0 Å². The van der Waals surface area contributed by atoms with Gasteiger partial charge in [-0.1, -0.05) is 17.7 Å². The Morgan fingerprint density at radius 1 is 1.09 bits per heavy atom. The summed E-state index contributed by atoms with van der Waals surface area (Å²) in [7, 11) is 1.55. The van der Waals surface area contributed by atoms with Crippen LogP contribution in [0, 0.1) is 13.8 Å². The summed E-state index contributed by atoms with van der Waals surface area (Å²) in [5.41, 5.74) is 1.48. The SMILES string of the molecule is COc1ccc(NC(=O)c2sc3nc(C)nc(N4CCN(c5ccccn5)CC4)c3c2C)cc1Cl. The van der Waals surface area contributed by atoms with Gasteiger partial charge in [-0.25, -0.2) is 15.0 Å². The van der Waals surface area contributed by atoms with Gasteiger partial charge in [0.2, 0.25) is 0 Å². The molecule has 0 unspecified atom stereocenters. The lowest BCUT2D eigenvalue weighted by Crippen LogP contribution is -2.47. The summed E-state index contributed by atoms with van der Waals surface area (Å²) in [5.74, 6) is 2.92. The highest BCUT2D eigenvalue weighted by Crippen LogP contribution is 2.37. The van der Waals surface area contributed by atoms with Crippen molar-refractivity contribution in [3.8, 4) is 5.75 Å². The van der Waals surface area contributed by atoms with Gasteiger partial charge in [0.1, 0.15) is 28.0 Å². The van der Waals surface area contributed by atoms with Crippen LogP contribution in [0.25, 0.3) is 10.2 Å². The second-order valence-electron chi connectivity index (χ2n) is 8.30. The normalized spacial score (nSPS) is 13.8. The number of ether oxygens (including phenoxy) is 1. The maximum absolute atomic E-state index is 13.2. The largest absolute Gasteiger partial charge is 0.495 e. The van der Waals surface area contributed by atoms with Gasteiger partial charge < -0.3 is 19.9 Å². The Kier molecular flexibility index (Phi) is 6.44. The zero-order valence-corrected chi connectivity index (χ0v) is 21.3. The average molecular weight is 509 g/mol. The second kappa shape index (κ2) is 9.67. The third-order valence-electron chi connectivity index (χ3n) is 6.05. The van der Waals surface area contributed by atoms with Crippen molar-refractivity contribution >= 4 is 56.4 Å². The first-order valence-corrected chi connectivity index (χ1v) is 12.5. The van der Waals surface area contributed by atoms with Crippen LogP contribution in [-0.2, 0) is 0 Å². The topological polar surface area (TPSA) is 83.5 Å². The number of hydrogen-bond donors (Lipinski definition) is 1. The van der Waals surface area contributed by atoms with Crippen molar-refractivity contribution < 1.29 is 9.53 Å². The molecule has 1 fully saturated rings. The fraction of sp³-hybridized carbons (Fsp3) is 0.280. The van der Waals surface area contributed by atoms with Gasteiger partial charge in [0.15, 0.2) is 0 Å². The maximum atomic E-state index is 13.2. The minimum absolute atomic E-state index is 0.199. The van der Waals surface area contributed by atoms with Crippen LogP contribution < -0.4 is 19.9 Å². The molecule has 1 saturated heterocycles. The molecular weight excluding hydrogens is 484 g/mol. The van der Waals surface area contributed by atoms with E-state index in [9.17, 15) is 4.79 Å². The molecule has 1 aliphatic rings. The standard InChI is InChI=1S/C25H25ClN6O2S/c1-15-21-23(32-12-10-31(11-13-32)20-6-4-5-9-27-20)28-16(2)29-25(21)35-22(15)24(33)30-17-7-8-19(34-3)18(26)14-17/h4-9,14H,10-13H2,1-3H3,(H,30,33). The number of anilines is 3. The van der Waals surface area contributed by atoms with Crippen LogP contribution in [0.4, 0.5) is 17.3 Å². The van der Waals surface area contributed by atoms with Crippen molar-refractivity contribution in [1.82, 2.24) is 15.0 Å². The van der Waals surface area contributed by atoms with Crippen LogP contribution in [0.3, 0.4) is 0 Å². The predicted molar refractivity (Wildman–Crippen MR) is 142 cm³/mol. The number of fused-ring (bicyclic) bond motifs is 1. The Morgan fingerprint density at radius 2 is 1.86 bits per heavy atom. The van der Waals surface area contributed by atoms with Gasteiger partial charge in [0.05, 0.1) is 22.4 Å². The smallest absolute Gasteiger partial charge is 0.266 e. The van der Waals surface area contributed by atoms with Gasteiger partial charge in [0.25, 0.3) is 5.91 Å². The van der Waals surface area contributed by atoms with Gasteiger partial charge in [-0.05, 0) is 49.7 Å². The van der Waals surface area contributed by atoms with E-state index in [0.29, 0.717) is 27.2 Å². The van der Waals surface area contributed by atoms with Crippen LogP contribution in [0.1, 0.15) is 21.1 Å². The van der Waals surface area contributed by atoms with E-state index in [2.05, 4.69) is 25.1 Å². The fourth-order valence-corrected chi connectivity index (χ4v) is 5.66. The highest BCUT2D eigenvalue weighted by atomic mass is 35.5. The first-order valence-electron chi connectivity index (χ1n) is 11.3. The van der Waals surface area contributed by atoms with E-state index in [-0.39, 0.29) is 5.91 Å². The molecule has 0 aliphatic carbocycles. The molecule has 1 aliphatic heterocycles. The van der Waals surface area contributed by atoms with Crippen molar-refractivity contribution in [3.63, 3.8) is 0 Å². The number of aryl methyl sites for hydroxylation is 2. The lowest BCUT2D eigenvalue weighted by molar-refractivity contribution is 0.103. The monoisotopic (exact) mass is 508 g/mol. The molecule has 0 saturated carbocycles. The van der Waals surface area contributed by atoms with Crippen molar-refractivity contribution in [2.45, 2.75) is 13.8 Å². The van der Waals surface area contributed by atoms with E-state index in [4.69, 9.17) is 21.3 Å². The average Bonchev–Trinajstić information content (AvgIpc) is 3.20. The number of thiophene rings is 1. The van der Waals surface area contributed by atoms with Crippen LogP contribution in [0.15, 0.2) is 42.6 Å². The number of halogens is 1. The molecule has 8 nitrogen and oxygen atoms in total. The predicted octanol–water partition coefficient (Wildman–Crippen LogP) is 4.94. The van der Waals surface area contributed by atoms with E-state index in [1.165, 1.54) is 11.3 Å². The summed E-state index contributed by atoms with van der Waals surface area (Å²) in [4.78, 5) is 33.1. The Balaban J connectivity index is 1.41. The molecule has 10 heteroatoms. The molecule has 180 valence electrons. The molecule has 3 aromatic heterocycles. The number of methoxy groups -OCH3 is 1. The molecule has 0 bridgehead atoms. The van der Waals surface area contributed by atoms with Crippen LogP contribution >= 0.6 is 22.9 Å². The number of hydrogen-bond acceptors (Lipinski definition) is 8. The highest BCUT2D eigenvalue weighted by molar-refractivity contribution is 7.20. The molecule has 4 heterocycles. The minimum atomic E-state index is -0.199. The number of benzene rings is 1. The van der Waals surface area contributed by atoms with Gasteiger partial charge in [0, 0.05) is 38.1 Å². The number of aromatic nitrogens is 3. The number of pyridine rings is 1. The Hall–Kier alpha value is -3.43. The van der Waals surface area contributed by atoms with E-state index in [1.807, 2.05) is 38.2 Å². The number of rotatable bonds is 5. The number of carbonyl (C=O) groups excluding carboxylic acids is 1. The highest BCUT2D eigenvalue weighted by Gasteiger charge is 2.25. The van der Waals surface area contributed by atoms with Gasteiger partial charge in [-0.2, -0.15) is 0 Å². The lowest BCUT2D eigenvalue weighted by atomic mass is 10.1. The summed E-state index contributed by atoms with van der Waals surface area (Å²) in [6, 6.07) is 11.1. The molecule has 0 radical (unpaired) electrons. The summed E-state index contributed by atoms with van der Waals surface area (Å²) >= 11 is 7.61. The number of amides is 1. The molecule has 0 atom stereocenters. The minimum Gasteiger partial charge on any atom is -0.495 e. The molecule has 1 amide bonds. The molecule has 1 N–H and O–H groups in total. The molecule has 4 aromatic rings. The number of piperazine rings is 1. The zero-order valence-electron chi connectivity index (χ0n) is 19.7. The number of nitrogens with one attached hydrogen (secondary N) is 1. The Bertz CT molecular complexity index is 1390. The summed E-state index contributed by atoms with van der Waals surface area (Å²) < 4.78 is 5.19. The third kappa shape index (κ3) is 4.61. The summed E-state index contributed by atoms with van der Waals surface area (Å²) in [5, 5.41) is 4.32. The van der Waals surface area contributed by atoms with Crippen molar-refractivity contribution in [2.24, 2.45) is 0 Å². The summed E-state index contributed by atoms with van der Waals surface area (Å²) in [6.07, 6.45) is 1.82. The Labute approximate surface area is 212 Å². The van der Waals surface area contributed by atoms with Crippen LogP contribution in [0.5, 0.6) is 5.75 Å². The van der Waals surface area contributed by atoms with Crippen LogP contribution in [-0.4, -0.2) is 54.1 Å². The molecular formula is C25H25ClN6O2S. The Morgan fingerprint density at radius 3 is 2.54 bits per heavy atom. The molecule has 5 rings (SSSR count). The quantitative estimate of drug-likeness (QED) is 0.408. The van der Waals surface area contributed by atoms with E-state index < -0.39 is 0 Å². The van der Waals surface area contributed by atoms with Crippen molar-refractivity contribution in [3.05, 3.63) is 63.9 Å². The van der Waals surface area contributed by atoms with Gasteiger partial charge in [-0.3, -0.25) is 4.79 Å². The van der Waals surface area contributed by atoms with E-state index in [0.717, 1.165) is 53.6 Å². The van der Waals surface area contributed by atoms with Crippen molar-refractivity contribution in [2.75, 3.05) is 48.4 Å². The van der Waals surface area contributed by atoms with E-state index in [1.54, 1.807) is 25.3 Å². The summed E-state index contributed by atoms with van der Waals surface area (Å²) in [6.45, 7) is 7.15. The molecule has 1 aromatic carbocycles. The molecule has 0 spiro atoms. The number of carbonyl (C=O) groups is 1. The van der Waals surface area contributed by atoms with Crippen molar-refractivity contribution in [1.29, 1.82) is 0 Å². The van der Waals surface area contributed by atoms with Gasteiger partial charge >= 0.3 is 0 Å². The first-order chi connectivity index (χ1) is 16.9. The van der Waals surface area contributed by atoms with Gasteiger partial charge in [-0.15, -0.1) is 11.3 Å². The fourth-order valence-electron chi connectivity index (χ4n) is 4.29. The zero-order chi connectivity index (χ0) is 24.5. The lowest BCUT2D eigenvalue weighted by Gasteiger charge is -2.36. The maximum Gasteiger partial charge on any atom is 0.266 e. The number of nitrogens with zero attached hydrogens (tertiary/aromatic N) is 5. The second-order valence-corrected chi connectivity index (χ2v) is 9.70.